The van der Waals surface area contributed by atoms with Gasteiger partial charge in [-0.3, -0.25) is 19.2 Å². The van der Waals surface area contributed by atoms with Gasteiger partial charge in [0.1, 0.15) is 23.8 Å². The van der Waals surface area contributed by atoms with E-state index in [1.165, 1.54) is 34.6 Å². The summed E-state index contributed by atoms with van der Waals surface area (Å²) in [5, 5.41) is 19.4. The van der Waals surface area contributed by atoms with Gasteiger partial charge in [0.05, 0.1) is 0 Å². The maximum atomic E-state index is 12.3. The predicted molar refractivity (Wildman–Crippen MR) is 170 cm³/mol. The maximum absolute atomic E-state index is 12.3. The molecule has 0 bridgehead atoms. The zero-order valence-corrected chi connectivity index (χ0v) is 29.9. The molecular weight excluding hydrogens is 652 g/mol. The fraction of sp³-hybridized carbons (Fsp3) is 0.719. The SMILES string of the molecule is CCC(=O)C(=O)O[C@H](C)[C@H](N)C(=O)OC(=O)C(O)C(C)(CC)OC(=O)[C@@H](N)[C@@H](C)CC.CCC(C)C(=O)C(=O)OC(CC)(C(C)=O)C(=O)O. The number of Topliss-reactive ketones (excluding diaryl/α,β-unsaturated/α-hetero) is 3. The number of aliphatic hydroxyl groups is 1. The summed E-state index contributed by atoms with van der Waals surface area (Å²) in [6.45, 7) is 14.8. The second-order valence-corrected chi connectivity index (χ2v) is 11.7. The molecule has 0 saturated heterocycles. The van der Waals surface area contributed by atoms with Gasteiger partial charge >= 0.3 is 35.8 Å². The van der Waals surface area contributed by atoms with Crippen LogP contribution in [0.4, 0.5) is 0 Å². The third kappa shape index (κ3) is 13.4. The topological polar surface area (TPSA) is 283 Å². The van der Waals surface area contributed by atoms with Crippen LogP contribution in [0.2, 0.25) is 0 Å². The minimum atomic E-state index is -2.26. The quantitative estimate of drug-likeness (QED) is 0.0623. The van der Waals surface area contributed by atoms with Crippen molar-refractivity contribution < 1.29 is 72.3 Å². The fourth-order valence-corrected chi connectivity index (χ4v) is 3.56. The molecular formula is C32H52N2O15. The van der Waals surface area contributed by atoms with Crippen LogP contribution in [0.25, 0.3) is 0 Å². The van der Waals surface area contributed by atoms with E-state index in [0.29, 0.717) is 12.8 Å². The van der Waals surface area contributed by atoms with Gasteiger partial charge in [-0.25, -0.2) is 24.0 Å². The van der Waals surface area contributed by atoms with E-state index in [2.05, 4.69) is 9.47 Å². The predicted octanol–water partition coefficient (Wildman–Crippen LogP) is 0.708. The first-order chi connectivity index (χ1) is 22.5. The summed E-state index contributed by atoms with van der Waals surface area (Å²) in [6.07, 6.45) is -2.55. The first-order valence-corrected chi connectivity index (χ1v) is 15.9. The van der Waals surface area contributed by atoms with E-state index in [0.717, 1.165) is 6.92 Å². The Kier molecular flexibility index (Phi) is 20.2. The van der Waals surface area contributed by atoms with E-state index >= 15 is 0 Å². The number of rotatable bonds is 19. The Morgan fingerprint density at radius 3 is 1.65 bits per heavy atom. The Morgan fingerprint density at radius 1 is 0.735 bits per heavy atom. The summed E-state index contributed by atoms with van der Waals surface area (Å²) < 4.78 is 19.3. The molecule has 49 heavy (non-hydrogen) atoms. The van der Waals surface area contributed by atoms with Crippen molar-refractivity contribution in [1.29, 1.82) is 0 Å². The highest BCUT2D eigenvalue weighted by molar-refractivity contribution is 6.35. The Morgan fingerprint density at radius 2 is 1.27 bits per heavy atom. The van der Waals surface area contributed by atoms with Crippen molar-refractivity contribution in [3.05, 3.63) is 0 Å². The first kappa shape index (κ1) is 47.0. The number of carbonyl (C=O) groups is 9. The highest BCUT2D eigenvalue weighted by Gasteiger charge is 2.47. The molecule has 0 heterocycles. The number of ketones is 3. The van der Waals surface area contributed by atoms with Crippen molar-refractivity contribution in [1.82, 2.24) is 0 Å². The minimum Gasteiger partial charge on any atom is -0.478 e. The molecule has 0 aromatic carbocycles. The lowest BCUT2D eigenvalue weighted by atomic mass is 9.94. The van der Waals surface area contributed by atoms with E-state index in [1.54, 1.807) is 20.8 Å². The molecule has 4 unspecified atom stereocenters. The van der Waals surface area contributed by atoms with Crippen LogP contribution >= 0.6 is 0 Å². The second-order valence-electron chi connectivity index (χ2n) is 11.7. The van der Waals surface area contributed by atoms with E-state index in [9.17, 15) is 48.3 Å². The number of nitrogens with two attached hydrogens (primary N) is 2. The highest BCUT2D eigenvalue weighted by atomic mass is 16.6. The van der Waals surface area contributed by atoms with Gasteiger partial charge in [-0.05, 0) is 39.5 Å². The lowest BCUT2D eigenvalue weighted by Gasteiger charge is -2.33. The molecule has 0 aliphatic carbocycles. The summed E-state index contributed by atoms with van der Waals surface area (Å²) in [5.41, 5.74) is 7.46. The zero-order valence-electron chi connectivity index (χ0n) is 29.9. The molecule has 17 nitrogen and oxygen atoms in total. The maximum Gasteiger partial charge on any atom is 0.376 e. The molecule has 0 spiro atoms. The van der Waals surface area contributed by atoms with Crippen molar-refractivity contribution in [2.45, 2.75) is 137 Å². The van der Waals surface area contributed by atoms with Gasteiger partial charge < -0.3 is 40.6 Å². The van der Waals surface area contributed by atoms with Crippen LogP contribution in [0, 0.1) is 11.8 Å². The first-order valence-electron chi connectivity index (χ1n) is 15.9. The van der Waals surface area contributed by atoms with E-state index < -0.39 is 94.6 Å². The Bertz CT molecular complexity index is 1220. The van der Waals surface area contributed by atoms with E-state index in [-0.39, 0.29) is 25.2 Å². The molecule has 0 radical (unpaired) electrons. The molecule has 0 amide bonds. The molecule has 6 N–H and O–H groups in total. The van der Waals surface area contributed by atoms with Crippen LogP contribution in [0.3, 0.4) is 0 Å². The summed E-state index contributed by atoms with van der Waals surface area (Å²) in [5.74, 6) is -10.7. The normalized spacial score (nSPS) is 16.9. The van der Waals surface area contributed by atoms with Crippen molar-refractivity contribution in [3.63, 3.8) is 0 Å². The highest BCUT2D eigenvalue weighted by Crippen LogP contribution is 2.24. The van der Waals surface area contributed by atoms with Crippen molar-refractivity contribution in [2.75, 3.05) is 0 Å². The van der Waals surface area contributed by atoms with Gasteiger partial charge in [-0.2, -0.15) is 0 Å². The van der Waals surface area contributed by atoms with Crippen molar-refractivity contribution in [3.8, 4) is 0 Å². The number of ether oxygens (including phenoxy) is 4. The lowest BCUT2D eigenvalue weighted by molar-refractivity contribution is -0.189. The lowest BCUT2D eigenvalue weighted by Crippen LogP contribution is -2.53. The number of esters is 5. The third-order valence-corrected chi connectivity index (χ3v) is 8.13. The number of carboxylic acid groups (broad SMARTS) is 1. The van der Waals surface area contributed by atoms with Crippen LogP contribution in [-0.4, -0.2) is 98.9 Å². The Hall–Kier alpha value is -4.09. The van der Waals surface area contributed by atoms with Crippen LogP contribution < -0.4 is 11.5 Å². The molecule has 0 rings (SSSR count). The average Bonchev–Trinajstić information content (AvgIpc) is 3.07. The smallest absolute Gasteiger partial charge is 0.376 e. The number of hydrogen-bond donors (Lipinski definition) is 4. The van der Waals surface area contributed by atoms with Crippen molar-refractivity contribution >= 4 is 53.2 Å². The van der Waals surface area contributed by atoms with Gasteiger partial charge in [0, 0.05) is 18.8 Å². The molecule has 0 aromatic rings. The largest absolute Gasteiger partial charge is 0.478 e. The van der Waals surface area contributed by atoms with Gasteiger partial charge in [-0.15, -0.1) is 0 Å². The average molecular weight is 705 g/mol. The van der Waals surface area contributed by atoms with Crippen LogP contribution in [0.15, 0.2) is 0 Å². The van der Waals surface area contributed by atoms with Crippen LogP contribution in [0.1, 0.15) is 101 Å². The minimum absolute atomic E-state index is 0.00955. The van der Waals surface area contributed by atoms with Crippen molar-refractivity contribution in [2.24, 2.45) is 23.3 Å². The standard InChI is InChI=1S/C20H34N2O9.C12H18O6/c1-7-10(4)13(21)18(27)31-20(6,9-3)15(24)19(28)30-17(26)14(22)11(5)29-16(25)12(23)8-2;1-5-7(3)9(14)10(15)18-12(6-2,8(4)13)11(16)17/h10-11,13-15,24H,7-9,21-22H2,1-6H3;7H,5-6H2,1-4H3,(H,16,17)/t10-,11+,13-,14-,15?,20?;/m0./s1. The number of carboxylic acids is 1. The Labute approximate surface area is 285 Å². The molecule has 0 saturated carbocycles. The number of hydrogen-bond acceptors (Lipinski definition) is 16. The molecule has 17 heteroatoms. The number of aliphatic hydroxyl groups excluding tert-OH is 1. The van der Waals surface area contributed by atoms with E-state index in [4.69, 9.17) is 26.0 Å². The van der Waals surface area contributed by atoms with E-state index in [1.807, 2.05) is 6.92 Å². The summed E-state index contributed by atoms with van der Waals surface area (Å²) >= 11 is 0. The summed E-state index contributed by atoms with van der Waals surface area (Å²) in [7, 11) is 0. The van der Waals surface area contributed by atoms with Crippen LogP contribution in [-0.2, 0) is 62.1 Å². The monoisotopic (exact) mass is 704 g/mol. The van der Waals surface area contributed by atoms with Gasteiger partial charge in [0.15, 0.2) is 11.9 Å². The molecule has 0 aliphatic heterocycles. The number of carbonyl (C=O) groups excluding carboxylic acids is 8. The third-order valence-electron chi connectivity index (χ3n) is 8.13. The molecule has 8 atom stereocenters. The van der Waals surface area contributed by atoms with Gasteiger partial charge in [-0.1, -0.05) is 54.9 Å². The summed E-state index contributed by atoms with van der Waals surface area (Å²) in [6, 6.07) is -2.56. The van der Waals surface area contributed by atoms with Crippen LogP contribution in [0.5, 0.6) is 0 Å². The van der Waals surface area contributed by atoms with Gasteiger partial charge in [0.25, 0.3) is 5.60 Å². The number of aliphatic carboxylic acids is 1. The molecule has 0 aromatic heterocycles. The molecule has 280 valence electrons. The zero-order chi connectivity index (χ0) is 39.0. The Balaban J connectivity index is 0. The molecule has 0 aliphatic rings. The summed E-state index contributed by atoms with van der Waals surface area (Å²) in [4.78, 5) is 105. The second kappa shape index (κ2) is 21.1. The van der Waals surface area contributed by atoms with Gasteiger partial charge in [0.2, 0.25) is 11.6 Å². The molecule has 0 fully saturated rings. The fourth-order valence-electron chi connectivity index (χ4n) is 3.56.